The Balaban J connectivity index is 1.71. The minimum atomic E-state index is -0.0473. The van der Waals surface area contributed by atoms with E-state index in [4.69, 9.17) is 0 Å². The third kappa shape index (κ3) is 1.43. The van der Waals surface area contributed by atoms with Crippen molar-refractivity contribution in [1.82, 2.24) is 0 Å². The van der Waals surface area contributed by atoms with Gasteiger partial charge in [0.05, 0.1) is 6.10 Å². The molecule has 7 atom stereocenters. The van der Waals surface area contributed by atoms with E-state index in [1.807, 2.05) is 0 Å². The van der Waals surface area contributed by atoms with Crippen molar-refractivity contribution in [3.63, 3.8) is 0 Å². The van der Waals surface area contributed by atoms with Gasteiger partial charge >= 0.3 is 0 Å². The Morgan fingerprint density at radius 2 is 1.94 bits per heavy atom. The van der Waals surface area contributed by atoms with Crippen molar-refractivity contribution in [2.45, 2.75) is 45.1 Å². The summed E-state index contributed by atoms with van der Waals surface area (Å²) in [6.45, 7) is 2.27. The summed E-state index contributed by atoms with van der Waals surface area (Å²) in [5.41, 5.74) is 1.51. The zero-order chi connectivity index (χ0) is 12.3. The summed E-state index contributed by atoms with van der Waals surface area (Å²) in [6, 6.07) is 0. The molecule has 4 aliphatic carbocycles. The van der Waals surface area contributed by atoms with Crippen LogP contribution in [-0.2, 0) is 0 Å². The van der Waals surface area contributed by atoms with Crippen molar-refractivity contribution in [3.05, 3.63) is 23.8 Å². The van der Waals surface area contributed by atoms with Gasteiger partial charge in [0, 0.05) is 5.92 Å². The Labute approximate surface area is 110 Å². The Hall–Kier alpha value is -0.560. The highest BCUT2D eigenvalue weighted by atomic mass is 16.3. The summed E-state index contributed by atoms with van der Waals surface area (Å²) >= 11 is 0. The minimum absolute atomic E-state index is 0.0473. The first kappa shape index (κ1) is 11.3. The van der Waals surface area contributed by atoms with Crippen molar-refractivity contribution in [2.24, 2.45) is 35.5 Å². The van der Waals surface area contributed by atoms with Gasteiger partial charge in [0.1, 0.15) is 0 Å². The molecule has 2 saturated carbocycles. The summed E-state index contributed by atoms with van der Waals surface area (Å²) in [7, 11) is 0. The molecule has 18 heavy (non-hydrogen) atoms. The highest BCUT2D eigenvalue weighted by Crippen LogP contribution is 2.57. The van der Waals surface area contributed by atoms with Gasteiger partial charge < -0.3 is 5.11 Å². The van der Waals surface area contributed by atoms with Crippen molar-refractivity contribution >= 4 is 0 Å². The molecule has 0 saturated heterocycles. The van der Waals surface area contributed by atoms with Gasteiger partial charge in [0.2, 0.25) is 0 Å². The van der Waals surface area contributed by atoms with Crippen molar-refractivity contribution < 1.29 is 5.11 Å². The van der Waals surface area contributed by atoms with Crippen LogP contribution in [-0.4, -0.2) is 11.2 Å². The van der Waals surface area contributed by atoms with Crippen molar-refractivity contribution in [3.8, 4) is 0 Å². The molecule has 1 heteroatoms. The molecule has 1 nitrogen and oxygen atoms in total. The molecule has 0 amide bonds. The van der Waals surface area contributed by atoms with Gasteiger partial charge in [-0.15, -0.1) is 0 Å². The maximum Gasteiger partial charge on any atom is 0.0613 e. The number of aliphatic hydroxyl groups excluding tert-OH is 1. The largest absolute Gasteiger partial charge is 0.392 e. The van der Waals surface area contributed by atoms with E-state index in [-0.39, 0.29) is 6.10 Å². The van der Waals surface area contributed by atoms with E-state index in [1.165, 1.54) is 31.3 Å². The number of fused-ring (bicyclic) bond motifs is 6. The van der Waals surface area contributed by atoms with Gasteiger partial charge in [-0.3, -0.25) is 0 Å². The molecule has 0 aliphatic heterocycles. The molecule has 0 aromatic rings. The van der Waals surface area contributed by atoms with E-state index < -0.39 is 0 Å². The molecule has 0 spiro atoms. The lowest BCUT2D eigenvalue weighted by molar-refractivity contribution is -0.00967. The van der Waals surface area contributed by atoms with E-state index >= 15 is 0 Å². The number of aliphatic hydroxyl groups is 1. The van der Waals surface area contributed by atoms with Gasteiger partial charge in [-0.25, -0.2) is 0 Å². The number of hydrogen-bond acceptors (Lipinski definition) is 1. The third-order valence-corrected chi connectivity index (χ3v) is 6.44. The van der Waals surface area contributed by atoms with Crippen LogP contribution in [0.15, 0.2) is 23.8 Å². The molecule has 2 fully saturated rings. The second-order valence-corrected chi connectivity index (χ2v) is 7.10. The Kier molecular flexibility index (Phi) is 2.49. The first-order chi connectivity index (χ1) is 8.75. The zero-order valence-electron chi connectivity index (χ0n) is 11.3. The number of allylic oxidation sites excluding steroid dienone is 4. The highest BCUT2D eigenvalue weighted by molar-refractivity contribution is 5.22. The van der Waals surface area contributed by atoms with Crippen molar-refractivity contribution in [1.29, 1.82) is 0 Å². The summed E-state index contributed by atoms with van der Waals surface area (Å²) < 4.78 is 0. The predicted molar refractivity (Wildman–Crippen MR) is 72.9 cm³/mol. The Morgan fingerprint density at radius 3 is 2.83 bits per heavy atom. The van der Waals surface area contributed by atoms with Crippen LogP contribution in [0.3, 0.4) is 0 Å². The van der Waals surface area contributed by atoms with Gasteiger partial charge in [-0.05, 0) is 68.6 Å². The van der Waals surface area contributed by atoms with Crippen LogP contribution in [0.5, 0.6) is 0 Å². The van der Waals surface area contributed by atoms with Crippen LogP contribution in [0.25, 0.3) is 0 Å². The topological polar surface area (TPSA) is 20.2 Å². The maximum atomic E-state index is 10.9. The second kappa shape index (κ2) is 3.96. The minimum Gasteiger partial charge on any atom is -0.392 e. The molecule has 7 unspecified atom stereocenters. The fraction of sp³-hybridized carbons (Fsp3) is 0.765. The van der Waals surface area contributed by atoms with Crippen LogP contribution in [0.4, 0.5) is 0 Å². The fourth-order valence-corrected chi connectivity index (χ4v) is 5.59. The van der Waals surface area contributed by atoms with Gasteiger partial charge in [-0.2, -0.15) is 0 Å². The first-order valence-electron chi connectivity index (χ1n) is 7.77. The average Bonchev–Trinajstić information content (AvgIpc) is 3.06. The van der Waals surface area contributed by atoms with Crippen LogP contribution >= 0.6 is 0 Å². The van der Waals surface area contributed by atoms with Crippen LogP contribution < -0.4 is 0 Å². The molecule has 4 aliphatic rings. The lowest BCUT2D eigenvalue weighted by Gasteiger charge is -2.40. The standard InChI is InChI=1S/C17H24O/c1-10-5-8-14-11-6-7-12(9-11)16(14)17(18)15-4-2-3-13(10)15/h2-3,5,11-18H,4,6-9H2,1H3/b10-5-. The highest BCUT2D eigenvalue weighted by Gasteiger charge is 2.52. The molecule has 98 valence electrons. The fourth-order valence-electron chi connectivity index (χ4n) is 5.59. The SMILES string of the molecule is C/C1=C/CC2C3CCC(C3)C2C(O)C2CC=CC12. The molecule has 0 radical (unpaired) electrons. The van der Waals surface area contributed by atoms with Crippen LogP contribution in [0.1, 0.15) is 39.0 Å². The van der Waals surface area contributed by atoms with E-state index in [2.05, 4.69) is 25.2 Å². The van der Waals surface area contributed by atoms with E-state index in [0.717, 1.165) is 24.2 Å². The third-order valence-electron chi connectivity index (χ3n) is 6.44. The molecular formula is C17H24O. The van der Waals surface area contributed by atoms with E-state index in [9.17, 15) is 5.11 Å². The molecular weight excluding hydrogens is 220 g/mol. The lowest BCUT2D eigenvalue weighted by Crippen LogP contribution is -2.40. The summed E-state index contributed by atoms with van der Waals surface area (Å²) in [4.78, 5) is 0. The summed E-state index contributed by atoms with van der Waals surface area (Å²) in [5.74, 6) is 4.16. The van der Waals surface area contributed by atoms with Gasteiger partial charge in [0.25, 0.3) is 0 Å². The van der Waals surface area contributed by atoms with Crippen LogP contribution in [0, 0.1) is 35.5 Å². The molecule has 0 heterocycles. The smallest absolute Gasteiger partial charge is 0.0613 e. The van der Waals surface area contributed by atoms with Crippen LogP contribution in [0.2, 0.25) is 0 Å². The van der Waals surface area contributed by atoms with Gasteiger partial charge in [-0.1, -0.05) is 23.8 Å². The molecule has 2 bridgehead atoms. The first-order valence-corrected chi connectivity index (χ1v) is 7.77. The monoisotopic (exact) mass is 244 g/mol. The summed E-state index contributed by atoms with van der Waals surface area (Å²) in [6.07, 6.45) is 13.6. The van der Waals surface area contributed by atoms with Gasteiger partial charge in [0.15, 0.2) is 0 Å². The van der Waals surface area contributed by atoms with E-state index in [0.29, 0.717) is 17.8 Å². The summed E-state index contributed by atoms with van der Waals surface area (Å²) in [5, 5.41) is 10.9. The second-order valence-electron chi connectivity index (χ2n) is 7.10. The Morgan fingerprint density at radius 1 is 1.11 bits per heavy atom. The quantitative estimate of drug-likeness (QED) is 0.646. The average molecular weight is 244 g/mol. The molecule has 4 rings (SSSR count). The zero-order valence-corrected chi connectivity index (χ0v) is 11.3. The molecule has 0 aromatic carbocycles. The number of hydrogen-bond donors (Lipinski definition) is 1. The number of rotatable bonds is 0. The Bertz CT molecular complexity index is 408. The predicted octanol–water partition coefficient (Wildman–Crippen LogP) is 3.55. The molecule has 1 N–H and O–H groups in total. The maximum absolute atomic E-state index is 10.9. The molecule has 0 aromatic heterocycles. The lowest BCUT2D eigenvalue weighted by atomic mass is 9.67. The van der Waals surface area contributed by atoms with E-state index in [1.54, 1.807) is 0 Å². The normalized spacial score (nSPS) is 56.6. The van der Waals surface area contributed by atoms with Crippen molar-refractivity contribution in [2.75, 3.05) is 0 Å².